The summed E-state index contributed by atoms with van der Waals surface area (Å²) in [6.45, 7) is 3.88. The van der Waals surface area contributed by atoms with E-state index in [2.05, 4.69) is 21.2 Å². The lowest BCUT2D eigenvalue weighted by atomic mass is 9.83. The number of anilines is 1. The number of hydrogen-bond donors (Lipinski definition) is 2. The molecule has 4 nitrogen and oxygen atoms in total. The zero-order valence-corrected chi connectivity index (χ0v) is 19.5. The molecular weight excluding hydrogens is 461 g/mol. The molecule has 1 amide bonds. The molecular formula is C25H29BrFNO3. The molecule has 1 saturated carbocycles. The number of carboxylic acids is 1. The van der Waals surface area contributed by atoms with Gasteiger partial charge in [-0.15, -0.1) is 0 Å². The number of halogens is 2. The van der Waals surface area contributed by atoms with E-state index in [0.29, 0.717) is 22.1 Å². The van der Waals surface area contributed by atoms with Crippen molar-refractivity contribution in [3.8, 4) is 0 Å². The minimum absolute atomic E-state index is 0.0532. The summed E-state index contributed by atoms with van der Waals surface area (Å²) in [5, 5.41) is 12.3. The van der Waals surface area contributed by atoms with Crippen molar-refractivity contribution in [1.29, 1.82) is 0 Å². The summed E-state index contributed by atoms with van der Waals surface area (Å²) in [7, 11) is 0. The number of rotatable bonds is 8. The maximum Gasteiger partial charge on any atom is 0.303 e. The van der Waals surface area contributed by atoms with Crippen LogP contribution in [0.1, 0.15) is 74.0 Å². The Morgan fingerprint density at radius 1 is 1.23 bits per heavy atom. The Morgan fingerprint density at radius 2 is 1.94 bits per heavy atom. The summed E-state index contributed by atoms with van der Waals surface area (Å²) in [4.78, 5) is 24.7. The Labute approximate surface area is 191 Å². The van der Waals surface area contributed by atoms with Gasteiger partial charge in [0.2, 0.25) is 5.91 Å². The van der Waals surface area contributed by atoms with E-state index in [1.54, 1.807) is 6.07 Å². The lowest BCUT2D eigenvalue weighted by Gasteiger charge is -2.25. The molecule has 0 aliphatic heterocycles. The Balaban J connectivity index is 1.90. The van der Waals surface area contributed by atoms with Gasteiger partial charge in [-0.3, -0.25) is 9.59 Å². The van der Waals surface area contributed by atoms with Crippen molar-refractivity contribution in [2.45, 2.75) is 64.2 Å². The van der Waals surface area contributed by atoms with Crippen molar-refractivity contribution >= 4 is 33.5 Å². The summed E-state index contributed by atoms with van der Waals surface area (Å²) < 4.78 is 14.6. The Hall–Kier alpha value is -2.21. The van der Waals surface area contributed by atoms with Crippen molar-refractivity contribution < 1.29 is 19.1 Å². The third kappa shape index (κ3) is 5.53. The average Bonchev–Trinajstić information content (AvgIpc) is 3.25. The van der Waals surface area contributed by atoms with Crippen LogP contribution in [0, 0.1) is 18.7 Å². The number of amides is 1. The number of carbonyl (C=O) groups excluding carboxylic acids is 1. The molecule has 0 heterocycles. The highest BCUT2D eigenvalue weighted by Gasteiger charge is 2.33. The molecule has 166 valence electrons. The predicted octanol–water partition coefficient (Wildman–Crippen LogP) is 6.78. The highest BCUT2D eigenvalue weighted by molar-refractivity contribution is 9.10. The summed E-state index contributed by atoms with van der Waals surface area (Å²) in [6.07, 6.45) is 4.81. The first-order valence-corrected chi connectivity index (χ1v) is 11.7. The number of hydrogen-bond acceptors (Lipinski definition) is 2. The van der Waals surface area contributed by atoms with Gasteiger partial charge in [-0.05, 0) is 88.8 Å². The second kappa shape index (κ2) is 10.4. The van der Waals surface area contributed by atoms with Crippen LogP contribution in [0.3, 0.4) is 0 Å². The minimum atomic E-state index is -0.834. The monoisotopic (exact) mass is 489 g/mol. The van der Waals surface area contributed by atoms with E-state index in [9.17, 15) is 19.1 Å². The fourth-order valence-electron chi connectivity index (χ4n) is 4.76. The maximum atomic E-state index is 14.2. The molecule has 1 aliphatic carbocycles. The molecule has 0 radical (unpaired) electrons. The minimum Gasteiger partial charge on any atom is -0.481 e. The van der Waals surface area contributed by atoms with E-state index in [4.69, 9.17) is 0 Å². The molecule has 2 aromatic rings. The third-order valence-corrected chi connectivity index (χ3v) is 7.09. The zero-order valence-electron chi connectivity index (χ0n) is 18.0. The highest BCUT2D eigenvalue weighted by atomic mass is 79.9. The summed E-state index contributed by atoms with van der Waals surface area (Å²) >= 11 is 3.19. The van der Waals surface area contributed by atoms with E-state index in [1.165, 1.54) is 6.07 Å². The van der Waals surface area contributed by atoms with E-state index in [0.717, 1.165) is 36.8 Å². The SMILES string of the molecule is CCC(CC(=O)O)c1cccc(NC(=O)C(c2ccc(Br)c(F)c2)C2CCCC2)c1C. The Bertz CT molecular complexity index is 956. The van der Waals surface area contributed by atoms with Crippen LogP contribution in [-0.2, 0) is 9.59 Å². The van der Waals surface area contributed by atoms with Gasteiger partial charge in [0.25, 0.3) is 0 Å². The first kappa shape index (κ1) is 23.5. The van der Waals surface area contributed by atoms with Gasteiger partial charge in [-0.25, -0.2) is 4.39 Å². The first-order chi connectivity index (χ1) is 14.8. The predicted molar refractivity (Wildman–Crippen MR) is 124 cm³/mol. The number of benzene rings is 2. The molecule has 2 N–H and O–H groups in total. The van der Waals surface area contributed by atoms with Gasteiger partial charge in [0.05, 0.1) is 16.8 Å². The fourth-order valence-corrected chi connectivity index (χ4v) is 5.01. The van der Waals surface area contributed by atoms with Gasteiger partial charge in [0, 0.05) is 5.69 Å². The van der Waals surface area contributed by atoms with E-state index < -0.39 is 11.9 Å². The third-order valence-electron chi connectivity index (χ3n) is 6.44. The molecule has 2 unspecified atom stereocenters. The van der Waals surface area contributed by atoms with Crippen LogP contribution in [0.25, 0.3) is 0 Å². The van der Waals surface area contributed by atoms with Crippen LogP contribution in [-0.4, -0.2) is 17.0 Å². The van der Waals surface area contributed by atoms with Gasteiger partial charge in [-0.2, -0.15) is 0 Å². The molecule has 0 aromatic heterocycles. The molecule has 0 spiro atoms. The quantitative estimate of drug-likeness (QED) is 0.429. The second-order valence-corrected chi connectivity index (χ2v) is 9.26. The summed E-state index contributed by atoms with van der Waals surface area (Å²) in [5.41, 5.74) is 3.20. The van der Waals surface area contributed by atoms with Gasteiger partial charge < -0.3 is 10.4 Å². The van der Waals surface area contributed by atoms with Crippen molar-refractivity contribution in [2.75, 3.05) is 5.32 Å². The number of carbonyl (C=O) groups is 2. The van der Waals surface area contributed by atoms with Crippen molar-refractivity contribution in [3.63, 3.8) is 0 Å². The van der Waals surface area contributed by atoms with Crippen LogP contribution < -0.4 is 5.32 Å². The summed E-state index contributed by atoms with van der Waals surface area (Å²) in [6, 6.07) is 10.6. The van der Waals surface area contributed by atoms with Crippen molar-refractivity contribution in [2.24, 2.45) is 5.92 Å². The molecule has 1 aliphatic rings. The smallest absolute Gasteiger partial charge is 0.303 e. The molecule has 31 heavy (non-hydrogen) atoms. The Morgan fingerprint density at radius 3 is 2.55 bits per heavy atom. The van der Waals surface area contributed by atoms with Crippen LogP contribution in [0.2, 0.25) is 0 Å². The zero-order chi connectivity index (χ0) is 22.5. The van der Waals surface area contributed by atoms with E-state index >= 15 is 0 Å². The first-order valence-electron chi connectivity index (χ1n) is 10.9. The van der Waals surface area contributed by atoms with Crippen molar-refractivity contribution in [1.82, 2.24) is 0 Å². The fraction of sp³-hybridized carbons (Fsp3) is 0.440. The molecule has 2 aromatic carbocycles. The average molecular weight is 490 g/mol. The topological polar surface area (TPSA) is 66.4 Å². The Kier molecular flexibility index (Phi) is 7.87. The van der Waals surface area contributed by atoms with Crippen LogP contribution >= 0.6 is 15.9 Å². The van der Waals surface area contributed by atoms with Crippen LogP contribution in [0.15, 0.2) is 40.9 Å². The lowest BCUT2D eigenvalue weighted by Crippen LogP contribution is -2.27. The standard InChI is InChI=1S/C25H29BrFNO3/c1-3-16(14-23(29)30)19-9-6-10-22(15(19)2)28-25(31)24(17-7-4-5-8-17)18-11-12-20(26)21(27)13-18/h6,9-13,16-17,24H,3-5,7-8,14H2,1-2H3,(H,28,31)(H,29,30). The highest BCUT2D eigenvalue weighted by Crippen LogP contribution is 2.39. The van der Waals surface area contributed by atoms with Gasteiger partial charge in [-0.1, -0.05) is 38.0 Å². The molecule has 2 atom stereocenters. The van der Waals surface area contributed by atoms with E-state index in [-0.39, 0.29) is 30.0 Å². The number of aliphatic carboxylic acids is 1. The number of nitrogens with one attached hydrogen (secondary N) is 1. The summed E-state index contributed by atoms with van der Waals surface area (Å²) in [5.74, 6) is -1.69. The van der Waals surface area contributed by atoms with Crippen LogP contribution in [0.5, 0.6) is 0 Å². The normalized spacial score (nSPS) is 16.1. The largest absolute Gasteiger partial charge is 0.481 e. The van der Waals surface area contributed by atoms with Crippen LogP contribution in [0.4, 0.5) is 10.1 Å². The molecule has 3 rings (SSSR count). The molecule has 0 saturated heterocycles. The number of carboxylic acid groups (broad SMARTS) is 1. The van der Waals surface area contributed by atoms with Gasteiger partial charge in [0.1, 0.15) is 5.82 Å². The van der Waals surface area contributed by atoms with Gasteiger partial charge in [0.15, 0.2) is 0 Å². The lowest BCUT2D eigenvalue weighted by molar-refractivity contribution is -0.137. The van der Waals surface area contributed by atoms with Gasteiger partial charge >= 0.3 is 5.97 Å². The van der Waals surface area contributed by atoms with Crippen molar-refractivity contribution in [3.05, 3.63) is 63.4 Å². The second-order valence-electron chi connectivity index (χ2n) is 8.41. The van der Waals surface area contributed by atoms with E-state index in [1.807, 2.05) is 38.1 Å². The molecule has 0 bridgehead atoms. The maximum absolute atomic E-state index is 14.2. The molecule has 1 fully saturated rings. The molecule has 6 heteroatoms.